The number of carbonyl (C=O) groups is 1. The molecule has 2 N–H and O–H groups in total. The van der Waals surface area contributed by atoms with Crippen LogP contribution >= 0.6 is 0 Å². The summed E-state index contributed by atoms with van der Waals surface area (Å²) in [6.45, 7) is 4.42. The van der Waals surface area contributed by atoms with Crippen molar-refractivity contribution < 1.29 is 9.53 Å². The number of rotatable bonds is 4. The molecule has 4 rings (SSSR count). The van der Waals surface area contributed by atoms with E-state index in [2.05, 4.69) is 56.6 Å². The maximum Gasteiger partial charge on any atom is 0.286 e. The highest BCUT2D eigenvalue weighted by Crippen LogP contribution is 2.27. The van der Waals surface area contributed by atoms with Crippen molar-refractivity contribution in [3.05, 3.63) is 53.9 Å². The van der Waals surface area contributed by atoms with Gasteiger partial charge in [-0.3, -0.25) is 9.69 Å². The molecule has 3 aromatic rings. The number of imidazole rings is 1. The zero-order valence-corrected chi connectivity index (χ0v) is 14.8. The first-order chi connectivity index (χ1) is 12.7. The van der Waals surface area contributed by atoms with Crippen LogP contribution in [0.3, 0.4) is 0 Å². The lowest BCUT2D eigenvalue weighted by Crippen LogP contribution is -2.35. The molecule has 1 fully saturated rings. The number of hydrogen-bond acceptors (Lipinski definition) is 4. The summed E-state index contributed by atoms with van der Waals surface area (Å²) in [5.74, 6) is 0.122. The number of hydrogen-bond donors (Lipinski definition) is 2. The Morgan fingerprint density at radius 1 is 1.23 bits per heavy atom. The van der Waals surface area contributed by atoms with Crippen molar-refractivity contribution in [1.29, 1.82) is 0 Å². The van der Waals surface area contributed by atoms with E-state index in [1.165, 1.54) is 11.1 Å². The van der Waals surface area contributed by atoms with Gasteiger partial charge in [0.2, 0.25) is 0 Å². The fourth-order valence-electron chi connectivity index (χ4n) is 3.34. The second kappa shape index (κ2) is 7.27. The predicted octanol–water partition coefficient (Wildman–Crippen LogP) is 2.42. The molecule has 134 valence electrons. The summed E-state index contributed by atoms with van der Waals surface area (Å²) < 4.78 is 5.45. The van der Waals surface area contributed by atoms with Gasteiger partial charge in [-0.1, -0.05) is 30.3 Å². The molecule has 0 aliphatic carbocycles. The monoisotopic (exact) mass is 350 g/mol. The molecular weight excluding hydrogens is 328 g/mol. The van der Waals surface area contributed by atoms with Gasteiger partial charge in [0.05, 0.1) is 24.2 Å². The SMILES string of the molecule is CNC(=O)c1nc2ccc(-c3ccccc3CN3CCOCC3)cc2[nH]1. The Balaban J connectivity index is 1.67. The molecule has 0 saturated carbocycles. The number of nitrogens with zero attached hydrogens (tertiary/aromatic N) is 2. The lowest BCUT2D eigenvalue weighted by molar-refractivity contribution is 0.0342. The quantitative estimate of drug-likeness (QED) is 0.758. The average Bonchev–Trinajstić information content (AvgIpc) is 3.12. The lowest BCUT2D eigenvalue weighted by Gasteiger charge is -2.27. The highest BCUT2D eigenvalue weighted by Gasteiger charge is 2.15. The number of morpholine rings is 1. The first-order valence-corrected chi connectivity index (χ1v) is 8.85. The van der Waals surface area contributed by atoms with Gasteiger partial charge >= 0.3 is 0 Å². The van der Waals surface area contributed by atoms with E-state index in [1.54, 1.807) is 7.05 Å². The van der Waals surface area contributed by atoms with Crippen LogP contribution in [0.1, 0.15) is 16.2 Å². The highest BCUT2D eigenvalue weighted by atomic mass is 16.5. The Bertz CT molecular complexity index is 928. The fourth-order valence-corrected chi connectivity index (χ4v) is 3.34. The molecule has 6 heteroatoms. The number of carbonyl (C=O) groups excluding carboxylic acids is 1. The Morgan fingerprint density at radius 2 is 2.04 bits per heavy atom. The Kier molecular flexibility index (Phi) is 4.69. The summed E-state index contributed by atoms with van der Waals surface area (Å²) in [6.07, 6.45) is 0. The predicted molar refractivity (Wildman–Crippen MR) is 101 cm³/mol. The molecule has 1 aliphatic rings. The van der Waals surface area contributed by atoms with Crippen LogP contribution < -0.4 is 5.32 Å². The van der Waals surface area contributed by atoms with Crippen LogP contribution in [0.25, 0.3) is 22.2 Å². The molecule has 2 heterocycles. The van der Waals surface area contributed by atoms with Crippen LogP contribution in [-0.2, 0) is 11.3 Å². The van der Waals surface area contributed by atoms with Crippen LogP contribution in [-0.4, -0.2) is 54.1 Å². The van der Waals surface area contributed by atoms with E-state index in [4.69, 9.17) is 4.74 Å². The number of fused-ring (bicyclic) bond motifs is 1. The van der Waals surface area contributed by atoms with Crippen molar-refractivity contribution in [3.63, 3.8) is 0 Å². The summed E-state index contributed by atoms with van der Waals surface area (Å²) in [7, 11) is 1.60. The number of H-pyrrole nitrogens is 1. The molecule has 6 nitrogen and oxygen atoms in total. The van der Waals surface area contributed by atoms with Crippen molar-refractivity contribution in [2.75, 3.05) is 33.4 Å². The third-order valence-corrected chi connectivity index (χ3v) is 4.75. The second-order valence-electron chi connectivity index (χ2n) is 6.44. The normalized spacial score (nSPS) is 15.3. The maximum absolute atomic E-state index is 11.8. The molecule has 0 spiro atoms. The average molecular weight is 350 g/mol. The Morgan fingerprint density at radius 3 is 2.85 bits per heavy atom. The molecule has 2 aromatic carbocycles. The molecule has 1 aromatic heterocycles. The van der Waals surface area contributed by atoms with Crippen molar-refractivity contribution in [2.45, 2.75) is 6.54 Å². The largest absolute Gasteiger partial charge is 0.379 e. The summed E-state index contributed by atoms with van der Waals surface area (Å²) in [4.78, 5) is 21.7. The standard InChI is InChI=1S/C20H22N4O2/c1-21-20(25)19-22-17-7-6-14(12-18(17)23-19)16-5-3-2-4-15(16)13-24-8-10-26-11-9-24/h2-7,12H,8-11,13H2,1H3,(H,21,25)(H,22,23). The molecule has 1 amide bonds. The smallest absolute Gasteiger partial charge is 0.286 e. The second-order valence-corrected chi connectivity index (χ2v) is 6.44. The first-order valence-electron chi connectivity index (χ1n) is 8.85. The minimum Gasteiger partial charge on any atom is -0.379 e. The van der Waals surface area contributed by atoms with Crippen LogP contribution in [0.2, 0.25) is 0 Å². The highest BCUT2D eigenvalue weighted by molar-refractivity contribution is 5.94. The molecule has 0 bridgehead atoms. The van der Waals surface area contributed by atoms with Crippen LogP contribution in [0.5, 0.6) is 0 Å². The minimum atomic E-state index is -0.213. The number of aromatic nitrogens is 2. The summed E-state index contributed by atoms with van der Waals surface area (Å²) in [5, 5.41) is 2.59. The number of nitrogens with one attached hydrogen (secondary N) is 2. The van der Waals surface area contributed by atoms with E-state index >= 15 is 0 Å². The van der Waals surface area contributed by atoms with Gasteiger partial charge in [0.1, 0.15) is 0 Å². The van der Waals surface area contributed by atoms with Crippen molar-refractivity contribution in [1.82, 2.24) is 20.2 Å². The summed E-state index contributed by atoms with van der Waals surface area (Å²) >= 11 is 0. The number of aromatic amines is 1. The van der Waals surface area contributed by atoms with Crippen molar-refractivity contribution in [3.8, 4) is 11.1 Å². The van der Waals surface area contributed by atoms with Crippen molar-refractivity contribution >= 4 is 16.9 Å². The van der Waals surface area contributed by atoms with Crippen molar-refractivity contribution in [2.24, 2.45) is 0 Å². The third kappa shape index (κ3) is 3.34. The molecule has 0 radical (unpaired) electrons. The fraction of sp³-hybridized carbons (Fsp3) is 0.300. The molecule has 0 atom stereocenters. The third-order valence-electron chi connectivity index (χ3n) is 4.75. The minimum absolute atomic E-state index is 0.213. The van der Waals surface area contributed by atoms with Crippen LogP contribution in [0.4, 0.5) is 0 Å². The van der Waals surface area contributed by atoms with E-state index in [9.17, 15) is 4.79 Å². The van der Waals surface area contributed by atoms with Gasteiger partial charge < -0.3 is 15.0 Å². The molecular formula is C20H22N4O2. The van der Waals surface area contributed by atoms with Gasteiger partial charge in [-0.15, -0.1) is 0 Å². The lowest BCUT2D eigenvalue weighted by atomic mass is 9.99. The zero-order valence-electron chi connectivity index (χ0n) is 14.8. The summed E-state index contributed by atoms with van der Waals surface area (Å²) in [6, 6.07) is 14.6. The van der Waals surface area contributed by atoms with Gasteiger partial charge in [-0.05, 0) is 28.8 Å². The van der Waals surface area contributed by atoms with Crippen LogP contribution in [0, 0.1) is 0 Å². The van der Waals surface area contributed by atoms with Gasteiger partial charge in [-0.25, -0.2) is 4.98 Å². The van der Waals surface area contributed by atoms with Gasteiger partial charge in [-0.2, -0.15) is 0 Å². The Labute approximate surface area is 152 Å². The summed E-state index contributed by atoms with van der Waals surface area (Å²) in [5.41, 5.74) is 5.27. The molecule has 0 unspecified atom stereocenters. The van der Waals surface area contributed by atoms with E-state index in [1.807, 2.05) is 6.07 Å². The van der Waals surface area contributed by atoms with Gasteiger partial charge in [0.25, 0.3) is 5.91 Å². The first kappa shape index (κ1) is 16.8. The molecule has 1 saturated heterocycles. The number of amides is 1. The number of benzene rings is 2. The van der Waals surface area contributed by atoms with Gasteiger partial charge in [0.15, 0.2) is 5.82 Å². The van der Waals surface area contributed by atoms with E-state index in [0.717, 1.165) is 49.4 Å². The zero-order chi connectivity index (χ0) is 17.9. The van der Waals surface area contributed by atoms with Crippen LogP contribution in [0.15, 0.2) is 42.5 Å². The van der Waals surface area contributed by atoms with E-state index < -0.39 is 0 Å². The maximum atomic E-state index is 11.8. The Hall–Kier alpha value is -2.70. The number of ether oxygens (including phenoxy) is 1. The topological polar surface area (TPSA) is 70.2 Å². The van der Waals surface area contributed by atoms with E-state index in [-0.39, 0.29) is 5.91 Å². The molecule has 1 aliphatic heterocycles. The molecule has 26 heavy (non-hydrogen) atoms. The van der Waals surface area contributed by atoms with E-state index in [0.29, 0.717) is 5.82 Å². The van der Waals surface area contributed by atoms with Gasteiger partial charge in [0, 0.05) is 26.7 Å².